The summed E-state index contributed by atoms with van der Waals surface area (Å²) >= 11 is 0. The molecule has 2 aliphatic rings. The Morgan fingerprint density at radius 3 is 2.41 bits per heavy atom. The molecule has 1 amide bonds. The van der Waals surface area contributed by atoms with Gasteiger partial charge in [0.05, 0.1) is 6.54 Å². The van der Waals surface area contributed by atoms with Gasteiger partial charge in [0.1, 0.15) is 5.54 Å². The molecule has 0 spiro atoms. The molecule has 17 heavy (non-hydrogen) atoms. The van der Waals surface area contributed by atoms with Crippen molar-refractivity contribution >= 4 is 11.9 Å². The average Bonchev–Trinajstić information content (AvgIpc) is 2.59. The molecule has 1 unspecified atom stereocenters. The first-order chi connectivity index (χ1) is 8.10. The van der Waals surface area contributed by atoms with Gasteiger partial charge in [-0.25, -0.2) is 0 Å². The van der Waals surface area contributed by atoms with Crippen LogP contribution in [0.1, 0.15) is 32.6 Å². The lowest BCUT2D eigenvalue weighted by Gasteiger charge is -2.37. The van der Waals surface area contributed by atoms with E-state index in [9.17, 15) is 14.7 Å². The van der Waals surface area contributed by atoms with E-state index in [1.54, 1.807) is 4.90 Å². The number of aliphatic carboxylic acids is 1. The molecule has 0 aromatic heterocycles. The van der Waals surface area contributed by atoms with Crippen LogP contribution in [0.4, 0.5) is 0 Å². The van der Waals surface area contributed by atoms with Crippen molar-refractivity contribution in [3.8, 4) is 0 Å². The van der Waals surface area contributed by atoms with Crippen LogP contribution in [-0.4, -0.2) is 58.5 Å². The molecule has 96 valence electrons. The van der Waals surface area contributed by atoms with Crippen molar-refractivity contribution in [2.45, 2.75) is 38.1 Å². The molecule has 0 bridgehead atoms. The lowest BCUT2D eigenvalue weighted by atomic mass is 9.93. The van der Waals surface area contributed by atoms with Crippen molar-refractivity contribution in [1.29, 1.82) is 0 Å². The molecular weight excluding hydrogens is 220 g/mol. The minimum Gasteiger partial charge on any atom is -0.480 e. The van der Waals surface area contributed by atoms with Crippen LogP contribution in [0.3, 0.4) is 0 Å². The van der Waals surface area contributed by atoms with Gasteiger partial charge in [0.2, 0.25) is 5.91 Å². The predicted octanol–water partition coefficient (Wildman–Crippen LogP) is 0.548. The van der Waals surface area contributed by atoms with Gasteiger partial charge in [-0.3, -0.25) is 14.5 Å². The first-order valence-corrected chi connectivity index (χ1v) is 6.36. The normalized spacial score (nSPS) is 29.1. The quantitative estimate of drug-likeness (QED) is 0.779. The monoisotopic (exact) mass is 240 g/mol. The molecule has 1 atom stereocenters. The molecule has 1 N–H and O–H groups in total. The number of rotatable bonds is 4. The molecule has 2 aliphatic heterocycles. The molecule has 2 fully saturated rings. The Kier molecular flexibility index (Phi) is 3.38. The van der Waals surface area contributed by atoms with Crippen LogP contribution < -0.4 is 0 Å². The third kappa shape index (κ3) is 2.04. The second-order valence-electron chi connectivity index (χ2n) is 4.95. The van der Waals surface area contributed by atoms with Crippen molar-refractivity contribution in [2.75, 3.05) is 26.2 Å². The lowest BCUT2D eigenvalue weighted by Crippen LogP contribution is -2.55. The van der Waals surface area contributed by atoms with Gasteiger partial charge in [0, 0.05) is 13.1 Å². The summed E-state index contributed by atoms with van der Waals surface area (Å²) in [5.41, 5.74) is -0.805. The molecule has 0 radical (unpaired) electrons. The molecule has 0 aromatic rings. The summed E-state index contributed by atoms with van der Waals surface area (Å²) in [5.74, 6) is -0.703. The molecular formula is C12H20N2O3. The zero-order valence-corrected chi connectivity index (χ0v) is 10.3. The van der Waals surface area contributed by atoms with Gasteiger partial charge in [-0.2, -0.15) is 0 Å². The molecule has 0 aromatic carbocycles. The number of carbonyl (C=O) groups excluding carboxylic acids is 1. The number of amides is 1. The van der Waals surface area contributed by atoms with Crippen LogP contribution in [0.15, 0.2) is 0 Å². The summed E-state index contributed by atoms with van der Waals surface area (Å²) in [6, 6.07) is 0. The fourth-order valence-corrected chi connectivity index (χ4v) is 2.79. The number of carbonyl (C=O) groups is 2. The van der Waals surface area contributed by atoms with Gasteiger partial charge >= 0.3 is 5.97 Å². The highest BCUT2D eigenvalue weighted by molar-refractivity contribution is 5.83. The molecule has 2 rings (SSSR count). The fraction of sp³-hybridized carbons (Fsp3) is 0.833. The molecule has 2 heterocycles. The van der Waals surface area contributed by atoms with E-state index in [2.05, 4.69) is 0 Å². The highest BCUT2D eigenvalue weighted by Crippen LogP contribution is 2.32. The maximum atomic E-state index is 11.9. The van der Waals surface area contributed by atoms with E-state index in [1.807, 2.05) is 11.8 Å². The van der Waals surface area contributed by atoms with E-state index < -0.39 is 11.5 Å². The summed E-state index contributed by atoms with van der Waals surface area (Å²) in [5, 5.41) is 9.39. The van der Waals surface area contributed by atoms with E-state index in [0.29, 0.717) is 12.8 Å². The Hall–Kier alpha value is -1.10. The van der Waals surface area contributed by atoms with Gasteiger partial charge in [0.15, 0.2) is 0 Å². The average molecular weight is 240 g/mol. The zero-order chi connectivity index (χ0) is 12.5. The van der Waals surface area contributed by atoms with Gasteiger partial charge in [-0.1, -0.05) is 6.92 Å². The lowest BCUT2D eigenvalue weighted by molar-refractivity contribution is -0.152. The Bertz CT molecular complexity index is 328. The van der Waals surface area contributed by atoms with E-state index >= 15 is 0 Å². The standard InChI is InChI=1S/C12H20N2O3/c1-2-12(11(16)17)5-3-8-14(12)9-10(15)13-6-4-7-13/h2-9H2,1H3,(H,16,17). The predicted molar refractivity (Wildman–Crippen MR) is 62.7 cm³/mol. The van der Waals surface area contributed by atoms with Gasteiger partial charge in [0.25, 0.3) is 0 Å². The summed E-state index contributed by atoms with van der Waals surface area (Å²) in [6.07, 6.45) is 3.17. The first-order valence-electron chi connectivity index (χ1n) is 6.36. The first kappa shape index (κ1) is 12.4. The third-order valence-corrected chi connectivity index (χ3v) is 4.14. The van der Waals surface area contributed by atoms with E-state index in [-0.39, 0.29) is 12.5 Å². The fourth-order valence-electron chi connectivity index (χ4n) is 2.79. The van der Waals surface area contributed by atoms with Crippen LogP contribution in [0.5, 0.6) is 0 Å². The third-order valence-electron chi connectivity index (χ3n) is 4.14. The maximum absolute atomic E-state index is 11.9. The van der Waals surface area contributed by atoms with E-state index in [4.69, 9.17) is 0 Å². The summed E-state index contributed by atoms with van der Waals surface area (Å²) < 4.78 is 0. The summed E-state index contributed by atoms with van der Waals surface area (Å²) in [4.78, 5) is 27.0. The van der Waals surface area contributed by atoms with Crippen LogP contribution in [0.25, 0.3) is 0 Å². The second kappa shape index (κ2) is 4.64. The topological polar surface area (TPSA) is 60.9 Å². The van der Waals surface area contributed by atoms with Crippen LogP contribution in [-0.2, 0) is 9.59 Å². The summed E-state index contributed by atoms with van der Waals surface area (Å²) in [6.45, 7) is 4.54. The Labute approximate surface area is 101 Å². The number of hydrogen-bond donors (Lipinski definition) is 1. The maximum Gasteiger partial charge on any atom is 0.324 e. The molecule has 5 nitrogen and oxygen atoms in total. The van der Waals surface area contributed by atoms with E-state index in [0.717, 1.165) is 32.5 Å². The number of likely N-dealkylation sites (tertiary alicyclic amines) is 2. The summed E-state index contributed by atoms with van der Waals surface area (Å²) in [7, 11) is 0. The smallest absolute Gasteiger partial charge is 0.324 e. The van der Waals surface area contributed by atoms with Crippen LogP contribution >= 0.6 is 0 Å². The SMILES string of the molecule is CCC1(C(=O)O)CCCN1CC(=O)N1CCC1. The second-order valence-corrected chi connectivity index (χ2v) is 4.95. The molecule has 0 aliphatic carbocycles. The van der Waals surface area contributed by atoms with Crippen molar-refractivity contribution < 1.29 is 14.7 Å². The van der Waals surface area contributed by atoms with Crippen LogP contribution in [0.2, 0.25) is 0 Å². The minimum absolute atomic E-state index is 0.0808. The highest BCUT2D eigenvalue weighted by Gasteiger charge is 2.47. The van der Waals surface area contributed by atoms with Crippen molar-refractivity contribution in [1.82, 2.24) is 9.80 Å². The van der Waals surface area contributed by atoms with Gasteiger partial charge in [-0.15, -0.1) is 0 Å². The Balaban J connectivity index is 2.03. The van der Waals surface area contributed by atoms with Crippen molar-refractivity contribution in [3.05, 3.63) is 0 Å². The molecule has 0 saturated carbocycles. The van der Waals surface area contributed by atoms with Crippen molar-refractivity contribution in [3.63, 3.8) is 0 Å². The van der Waals surface area contributed by atoms with Crippen molar-refractivity contribution in [2.24, 2.45) is 0 Å². The number of hydrogen-bond acceptors (Lipinski definition) is 3. The largest absolute Gasteiger partial charge is 0.480 e. The minimum atomic E-state index is -0.805. The van der Waals surface area contributed by atoms with E-state index in [1.165, 1.54) is 0 Å². The number of carboxylic acid groups (broad SMARTS) is 1. The Morgan fingerprint density at radius 1 is 1.24 bits per heavy atom. The number of nitrogens with zero attached hydrogens (tertiary/aromatic N) is 2. The number of carboxylic acids is 1. The van der Waals surface area contributed by atoms with Gasteiger partial charge in [-0.05, 0) is 32.2 Å². The Morgan fingerprint density at radius 2 is 1.94 bits per heavy atom. The zero-order valence-electron chi connectivity index (χ0n) is 10.3. The van der Waals surface area contributed by atoms with Crippen LogP contribution in [0, 0.1) is 0 Å². The molecule has 5 heteroatoms. The molecule has 2 saturated heterocycles. The van der Waals surface area contributed by atoms with Gasteiger partial charge < -0.3 is 10.0 Å². The highest BCUT2D eigenvalue weighted by atomic mass is 16.4.